The molecule has 15 heavy (non-hydrogen) atoms. The van der Waals surface area contributed by atoms with E-state index in [0.717, 1.165) is 11.4 Å². The van der Waals surface area contributed by atoms with Crippen molar-refractivity contribution in [3.63, 3.8) is 0 Å². The van der Waals surface area contributed by atoms with Gasteiger partial charge < -0.3 is 0 Å². The lowest BCUT2D eigenvalue weighted by Gasteiger charge is -1.96. The zero-order valence-electron chi connectivity index (χ0n) is 8.05. The van der Waals surface area contributed by atoms with Crippen molar-refractivity contribution in [2.45, 2.75) is 0 Å². The first kappa shape index (κ1) is 9.93. The Morgan fingerprint density at radius 2 is 2.07 bits per heavy atom. The molecule has 3 nitrogen and oxygen atoms in total. The molecule has 1 aromatic heterocycles. The zero-order chi connectivity index (χ0) is 10.5. The van der Waals surface area contributed by atoms with Crippen molar-refractivity contribution in [2.75, 3.05) is 5.88 Å². The normalized spacial score (nSPS) is 11.0. The summed E-state index contributed by atoms with van der Waals surface area (Å²) in [7, 11) is 0. The van der Waals surface area contributed by atoms with Crippen LogP contribution < -0.4 is 0 Å². The summed E-state index contributed by atoms with van der Waals surface area (Å²) in [5, 5.41) is 8.43. The number of hydrogen-bond donors (Lipinski definition) is 0. The topological polar surface area (TPSA) is 30.7 Å². The number of alkyl halides is 1. The zero-order valence-corrected chi connectivity index (χ0v) is 8.80. The van der Waals surface area contributed by atoms with E-state index in [9.17, 15) is 0 Å². The number of nitrogens with zero attached hydrogens (tertiary/aromatic N) is 3. The van der Waals surface area contributed by atoms with Crippen LogP contribution in [-0.4, -0.2) is 20.9 Å². The van der Waals surface area contributed by atoms with Crippen LogP contribution in [-0.2, 0) is 0 Å². The number of allylic oxidation sites excluding steroid dienone is 1. The Morgan fingerprint density at radius 1 is 1.27 bits per heavy atom. The molecule has 0 atom stereocenters. The first-order valence-corrected chi connectivity index (χ1v) is 5.14. The second-order valence-corrected chi connectivity index (χ2v) is 3.26. The highest BCUT2D eigenvalue weighted by Crippen LogP contribution is 2.04. The third kappa shape index (κ3) is 2.44. The molecule has 0 N–H and O–H groups in total. The molecule has 2 rings (SSSR count). The Morgan fingerprint density at radius 3 is 2.80 bits per heavy atom. The van der Waals surface area contributed by atoms with Crippen LogP contribution in [0.25, 0.3) is 11.8 Å². The highest BCUT2D eigenvalue weighted by atomic mass is 35.5. The van der Waals surface area contributed by atoms with Gasteiger partial charge in [0.15, 0.2) is 0 Å². The van der Waals surface area contributed by atoms with E-state index >= 15 is 0 Å². The second-order valence-electron chi connectivity index (χ2n) is 2.95. The summed E-state index contributed by atoms with van der Waals surface area (Å²) in [6.07, 6.45) is 5.39. The van der Waals surface area contributed by atoms with E-state index in [0.29, 0.717) is 5.88 Å². The van der Waals surface area contributed by atoms with E-state index in [2.05, 4.69) is 10.2 Å². The van der Waals surface area contributed by atoms with Crippen LogP contribution in [0.5, 0.6) is 0 Å². The molecule has 0 bridgehead atoms. The van der Waals surface area contributed by atoms with Crippen LogP contribution in [0, 0.1) is 0 Å². The van der Waals surface area contributed by atoms with Gasteiger partial charge in [-0.3, -0.25) is 0 Å². The molecule has 0 fully saturated rings. The van der Waals surface area contributed by atoms with E-state index in [1.165, 1.54) is 0 Å². The van der Waals surface area contributed by atoms with Crippen molar-refractivity contribution in [1.82, 2.24) is 15.0 Å². The summed E-state index contributed by atoms with van der Waals surface area (Å²) in [4.78, 5) is 1.59. The molecule has 0 aliphatic heterocycles. The van der Waals surface area contributed by atoms with Gasteiger partial charge in [0.2, 0.25) is 0 Å². The molecule has 0 saturated heterocycles. The first-order chi connectivity index (χ1) is 7.40. The molecule has 4 heteroatoms. The average molecular weight is 220 g/mol. The number of benzene rings is 1. The lowest BCUT2D eigenvalue weighted by atomic mass is 10.3. The maximum Gasteiger partial charge on any atom is 0.106 e. The van der Waals surface area contributed by atoms with Crippen LogP contribution in [0.4, 0.5) is 0 Å². The van der Waals surface area contributed by atoms with E-state index in [4.69, 9.17) is 11.6 Å². The Hall–Kier alpha value is -1.61. The minimum absolute atomic E-state index is 0.484. The molecule has 76 valence electrons. The van der Waals surface area contributed by atoms with E-state index in [1.54, 1.807) is 11.0 Å². The van der Waals surface area contributed by atoms with E-state index in [-0.39, 0.29) is 0 Å². The quantitative estimate of drug-likeness (QED) is 0.743. The molecular weight excluding hydrogens is 210 g/mol. The molecule has 0 amide bonds. The van der Waals surface area contributed by atoms with Gasteiger partial charge in [0.05, 0.1) is 11.9 Å². The summed E-state index contributed by atoms with van der Waals surface area (Å²) in [5.74, 6) is 0.484. The van der Waals surface area contributed by atoms with Crippen molar-refractivity contribution in [1.29, 1.82) is 0 Å². The van der Waals surface area contributed by atoms with Gasteiger partial charge in [0.1, 0.15) is 5.69 Å². The van der Waals surface area contributed by atoms with Gasteiger partial charge in [0, 0.05) is 5.88 Å². The predicted octanol–water partition coefficient (Wildman–Crippen LogP) is 2.52. The first-order valence-electron chi connectivity index (χ1n) is 4.60. The van der Waals surface area contributed by atoms with E-state index < -0.39 is 0 Å². The number of para-hydroxylation sites is 1. The summed E-state index contributed by atoms with van der Waals surface area (Å²) in [5.41, 5.74) is 1.75. The highest BCUT2D eigenvalue weighted by Gasteiger charge is 1.98. The molecule has 0 radical (unpaired) electrons. The molecule has 0 unspecified atom stereocenters. The van der Waals surface area contributed by atoms with Crippen molar-refractivity contribution in [3.8, 4) is 5.69 Å². The third-order valence-corrected chi connectivity index (χ3v) is 2.05. The summed E-state index contributed by atoms with van der Waals surface area (Å²) < 4.78 is 0. The largest absolute Gasteiger partial charge is 0.156 e. The van der Waals surface area contributed by atoms with Crippen molar-refractivity contribution in [2.24, 2.45) is 0 Å². The predicted molar refractivity (Wildman–Crippen MR) is 61.1 cm³/mol. The number of hydrogen-bond acceptors (Lipinski definition) is 2. The Kier molecular flexibility index (Phi) is 3.15. The SMILES string of the molecule is ClC/C=C/c1cnn(-c2ccccc2)n1. The maximum atomic E-state index is 5.53. The molecule has 1 heterocycles. The molecule has 0 aliphatic rings. The molecule has 1 aromatic carbocycles. The summed E-state index contributed by atoms with van der Waals surface area (Å²) in [6, 6.07) is 9.77. The van der Waals surface area contributed by atoms with Crippen molar-refractivity contribution in [3.05, 3.63) is 48.3 Å². The lowest BCUT2D eigenvalue weighted by molar-refractivity contribution is 0.750. The average Bonchev–Trinajstić information content (AvgIpc) is 2.76. The van der Waals surface area contributed by atoms with Crippen LogP contribution in [0.3, 0.4) is 0 Å². The van der Waals surface area contributed by atoms with Gasteiger partial charge in [-0.2, -0.15) is 9.90 Å². The van der Waals surface area contributed by atoms with Crippen molar-refractivity contribution >= 4 is 17.7 Å². The molecular formula is C11H10ClN3. The second kappa shape index (κ2) is 4.75. The maximum absolute atomic E-state index is 5.53. The molecule has 0 spiro atoms. The smallest absolute Gasteiger partial charge is 0.106 e. The minimum atomic E-state index is 0.484. The monoisotopic (exact) mass is 219 g/mol. The minimum Gasteiger partial charge on any atom is -0.156 e. The van der Waals surface area contributed by atoms with Gasteiger partial charge in [0.25, 0.3) is 0 Å². The van der Waals surface area contributed by atoms with Gasteiger partial charge in [-0.05, 0) is 18.2 Å². The Bertz CT molecular complexity index is 448. The highest BCUT2D eigenvalue weighted by molar-refractivity contribution is 6.19. The Balaban J connectivity index is 2.24. The third-order valence-electron chi connectivity index (χ3n) is 1.87. The summed E-state index contributed by atoms with van der Waals surface area (Å²) in [6.45, 7) is 0. The van der Waals surface area contributed by atoms with Gasteiger partial charge in [-0.15, -0.1) is 16.7 Å². The standard InChI is InChI=1S/C11H10ClN3/c12-8-4-5-10-9-13-15(14-10)11-6-2-1-3-7-11/h1-7,9H,8H2/b5-4+. The van der Waals surface area contributed by atoms with Gasteiger partial charge in [-0.1, -0.05) is 24.3 Å². The van der Waals surface area contributed by atoms with Crippen LogP contribution in [0.1, 0.15) is 5.69 Å². The fourth-order valence-corrected chi connectivity index (χ4v) is 1.29. The molecule has 0 aliphatic carbocycles. The molecule has 2 aromatic rings. The number of halogens is 1. The van der Waals surface area contributed by atoms with Crippen LogP contribution in [0.2, 0.25) is 0 Å². The van der Waals surface area contributed by atoms with Crippen molar-refractivity contribution < 1.29 is 0 Å². The Labute approximate surface area is 93.0 Å². The summed E-state index contributed by atoms with van der Waals surface area (Å²) >= 11 is 5.53. The lowest BCUT2D eigenvalue weighted by Crippen LogP contribution is -1.97. The van der Waals surface area contributed by atoms with Crippen LogP contribution in [0.15, 0.2) is 42.6 Å². The van der Waals surface area contributed by atoms with Crippen LogP contribution >= 0.6 is 11.6 Å². The fraction of sp³-hybridized carbons (Fsp3) is 0.0909. The van der Waals surface area contributed by atoms with Gasteiger partial charge >= 0.3 is 0 Å². The van der Waals surface area contributed by atoms with E-state index in [1.807, 2.05) is 42.5 Å². The molecule has 0 saturated carbocycles. The number of rotatable bonds is 3. The fourth-order valence-electron chi connectivity index (χ4n) is 1.20. The number of aromatic nitrogens is 3. The van der Waals surface area contributed by atoms with Gasteiger partial charge in [-0.25, -0.2) is 0 Å².